The molecular weight excluding hydrogens is 281 g/mol. The highest BCUT2D eigenvalue weighted by molar-refractivity contribution is 6.05. The average Bonchev–Trinajstić information content (AvgIpc) is 2.91. The van der Waals surface area contributed by atoms with E-state index in [4.69, 9.17) is 4.42 Å². The molecule has 2 aromatic carbocycles. The summed E-state index contributed by atoms with van der Waals surface area (Å²) in [6.45, 7) is 2.20. The van der Waals surface area contributed by atoms with Crippen LogP contribution in [0.1, 0.15) is 22.8 Å². The fourth-order valence-electron chi connectivity index (χ4n) is 2.51. The van der Waals surface area contributed by atoms with Gasteiger partial charge in [-0.15, -0.1) is 0 Å². The Bertz CT molecular complexity index is 834. The molecule has 3 rings (SSSR count). The van der Waals surface area contributed by atoms with Crippen molar-refractivity contribution in [1.82, 2.24) is 5.32 Å². The predicted octanol–water partition coefficient (Wildman–Crippen LogP) is 4.16. The minimum atomic E-state index is -0.436. The molecule has 0 radical (unpaired) electrons. The van der Waals surface area contributed by atoms with Gasteiger partial charge in [0.1, 0.15) is 17.2 Å². The zero-order chi connectivity index (χ0) is 15.7. The van der Waals surface area contributed by atoms with Crippen LogP contribution in [-0.2, 0) is 6.54 Å². The first-order valence-electron chi connectivity index (χ1n) is 7.06. The van der Waals surface area contributed by atoms with E-state index in [0.717, 1.165) is 17.7 Å². The number of carbonyl (C=O) groups excluding carboxylic acids is 1. The second-order valence-corrected chi connectivity index (χ2v) is 5.27. The van der Waals surface area contributed by atoms with Gasteiger partial charge in [-0.05, 0) is 37.7 Å². The monoisotopic (exact) mass is 297 g/mol. The van der Waals surface area contributed by atoms with Gasteiger partial charge in [-0.1, -0.05) is 24.3 Å². The van der Waals surface area contributed by atoms with Crippen molar-refractivity contribution in [1.29, 1.82) is 0 Å². The van der Waals surface area contributed by atoms with E-state index >= 15 is 0 Å². The van der Waals surface area contributed by atoms with Crippen LogP contribution in [0.2, 0.25) is 0 Å². The van der Waals surface area contributed by atoms with Crippen molar-refractivity contribution in [3.8, 4) is 11.3 Å². The number of nitrogens with one attached hydrogen (secondary N) is 1. The lowest BCUT2D eigenvalue weighted by Crippen LogP contribution is -2.04. The summed E-state index contributed by atoms with van der Waals surface area (Å²) in [4.78, 5) is 11.6. The van der Waals surface area contributed by atoms with E-state index in [0.29, 0.717) is 16.7 Å². The van der Waals surface area contributed by atoms with E-state index in [-0.39, 0.29) is 11.3 Å². The molecule has 1 heterocycles. The fraction of sp³-hybridized carbons (Fsp3) is 0.167. The van der Waals surface area contributed by atoms with Crippen molar-refractivity contribution >= 4 is 16.8 Å². The third kappa shape index (κ3) is 2.65. The smallest absolute Gasteiger partial charge is 0.163 e. The number of fused-ring (bicyclic) bond motifs is 1. The second-order valence-electron chi connectivity index (χ2n) is 5.27. The summed E-state index contributed by atoms with van der Waals surface area (Å²) < 4.78 is 19.4. The molecule has 3 aromatic rings. The molecule has 22 heavy (non-hydrogen) atoms. The van der Waals surface area contributed by atoms with Crippen LogP contribution in [-0.4, -0.2) is 12.8 Å². The van der Waals surface area contributed by atoms with Gasteiger partial charge < -0.3 is 9.73 Å². The summed E-state index contributed by atoms with van der Waals surface area (Å²) >= 11 is 0. The Balaban J connectivity index is 2.08. The molecule has 1 N–H and O–H groups in total. The average molecular weight is 297 g/mol. The number of rotatable bonds is 4. The molecule has 0 atom stereocenters. The van der Waals surface area contributed by atoms with Gasteiger partial charge in [0.2, 0.25) is 0 Å². The Labute approximate surface area is 127 Å². The van der Waals surface area contributed by atoms with Crippen LogP contribution >= 0.6 is 0 Å². The Hall–Kier alpha value is -2.46. The van der Waals surface area contributed by atoms with Crippen LogP contribution in [0.5, 0.6) is 0 Å². The van der Waals surface area contributed by atoms with Gasteiger partial charge in [-0.3, -0.25) is 4.79 Å². The summed E-state index contributed by atoms with van der Waals surface area (Å²) in [7, 11) is 1.89. The lowest BCUT2D eigenvalue weighted by Gasteiger charge is -2.01. The Morgan fingerprint density at radius 2 is 1.91 bits per heavy atom. The van der Waals surface area contributed by atoms with Crippen LogP contribution in [0.4, 0.5) is 4.39 Å². The van der Waals surface area contributed by atoms with Crippen LogP contribution in [0.15, 0.2) is 46.9 Å². The van der Waals surface area contributed by atoms with E-state index in [1.54, 1.807) is 6.07 Å². The molecule has 112 valence electrons. The normalized spacial score (nSPS) is 11.0. The number of benzene rings is 2. The highest BCUT2D eigenvalue weighted by Gasteiger charge is 2.14. The van der Waals surface area contributed by atoms with Gasteiger partial charge in [-0.2, -0.15) is 0 Å². The Morgan fingerprint density at radius 3 is 2.55 bits per heavy atom. The van der Waals surface area contributed by atoms with Gasteiger partial charge in [-0.25, -0.2) is 4.39 Å². The second kappa shape index (κ2) is 5.73. The number of Topliss-reactive ketones (excluding diaryl/α,β-unsaturated/α-hetero) is 1. The zero-order valence-corrected chi connectivity index (χ0v) is 12.4. The molecule has 0 unspecified atom stereocenters. The predicted molar refractivity (Wildman–Crippen MR) is 84.4 cm³/mol. The molecule has 1 aromatic heterocycles. The molecule has 4 heteroatoms. The van der Waals surface area contributed by atoms with Gasteiger partial charge >= 0.3 is 0 Å². The van der Waals surface area contributed by atoms with Crippen LogP contribution < -0.4 is 5.32 Å². The molecule has 0 aliphatic heterocycles. The molecule has 0 aliphatic carbocycles. The molecule has 0 saturated heterocycles. The highest BCUT2D eigenvalue weighted by atomic mass is 19.1. The summed E-state index contributed by atoms with van der Waals surface area (Å²) in [5.74, 6) is -0.0247. The van der Waals surface area contributed by atoms with Crippen molar-refractivity contribution in [2.45, 2.75) is 13.5 Å². The summed E-state index contributed by atoms with van der Waals surface area (Å²) in [5, 5.41) is 3.69. The first kappa shape index (κ1) is 14.5. The number of halogens is 1. The Kier molecular flexibility index (Phi) is 3.77. The minimum absolute atomic E-state index is 0.213. The molecule has 3 nitrogen and oxygen atoms in total. The first-order chi connectivity index (χ1) is 10.6. The SMILES string of the molecule is CNCc1ccc(-c2cc3cc(F)cc(C(C)=O)c3o2)cc1. The maximum atomic E-state index is 13.6. The maximum absolute atomic E-state index is 13.6. The molecule has 0 amide bonds. The topological polar surface area (TPSA) is 42.2 Å². The van der Waals surface area contributed by atoms with Crippen molar-refractivity contribution in [3.05, 3.63) is 59.4 Å². The Morgan fingerprint density at radius 1 is 1.18 bits per heavy atom. The first-order valence-corrected chi connectivity index (χ1v) is 7.06. The van der Waals surface area contributed by atoms with Crippen molar-refractivity contribution in [3.63, 3.8) is 0 Å². The number of furan rings is 1. The number of ketones is 1. The van der Waals surface area contributed by atoms with E-state index < -0.39 is 5.82 Å². The van der Waals surface area contributed by atoms with Crippen molar-refractivity contribution in [2.75, 3.05) is 7.05 Å². The van der Waals surface area contributed by atoms with Crippen LogP contribution in [0.25, 0.3) is 22.3 Å². The van der Waals surface area contributed by atoms with Gasteiger partial charge in [0.05, 0.1) is 5.56 Å². The molecular formula is C18H16FNO2. The molecule has 0 fully saturated rings. The lowest BCUT2D eigenvalue weighted by molar-refractivity contribution is 0.101. The van der Waals surface area contributed by atoms with Crippen molar-refractivity contribution in [2.24, 2.45) is 0 Å². The molecule has 0 saturated carbocycles. The summed E-state index contributed by atoms with van der Waals surface area (Å²) in [6, 6.07) is 12.3. The fourth-order valence-corrected chi connectivity index (χ4v) is 2.51. The van der Waals surface area contributed by atoms with Gasteiger partial charge in [0, 0.05) is 17.5 Å². The maximum Gasteiger partial charge on any atom is 0.163 e. The zero-order valence-electron chi connectivity index (χ0n) is 12.4. The van der Waals surface area contributed by atoms with Crippen molar-refractivity contribution < 1.29 is 13.6 Å². The standard InChI is InChI=1S/C18H16FNO2/c1-11(21)16-9-15(19)7-14-8-17(22-18(14)16)13-5-3-12(4-6-13)10-20-2/h3-9,20H,10H2,1-2H3. The molecule has 0 spiro atoms. The highest BCUT2D eigenvalue weighted by Crippen LogP contribution is 2.31. The third-order valence-electron chi connectivity index (χ3n) is 3.58. The largest absolute Gasteiger partial charge is 0.455 e. The molecule has 0 aliphatic rings. The minimum Gasteiger partial charge on any atom is -0.455 e. The van der Waals surface area contributed by atoms with E-state index in [9.17, 15) is 9.18 Å². The molecule has 0 bridgehead atoms. The van der Waals surface area contributed by atoms with E-state index in [1.807, 2.05) is 31.3 Å². The van der Waals surface area contributed by atoms with Crippen LogP contribution in [0.3, 0.4) is 0 Å². The van der Waals surface area contributed by atoms with Gasteiger partial charge in [0.25, 0.3) is 0 Å². The lowest BCUT2D eigenvalue weighted by atomic mass is 10.1. The third-order valence-corrected chi connectivity index (χ3v) is 3.58. The van der Waals surface area contributed by atoms with E-state index in [2.05, 4.69) is 5.32 Å². The summed E-state index contributed by atoms with van der Waals surface area (Å²) in [6.07, 6.45) is 0. The van der Waals surface area contributed by atoms with Crippen LogP contribution in [0, 0.1) is 5.82 Å². The number of carbonyl (C=O) groups is 1. The quantitative estimate of drug-likeness (QED) is 0.735. The number of hydrogen-bond donors (Lipinski definition) is 1. The van der Waals surface area contributed by atoms with Gasteiger partial charge in [0.15, 0.2) is 5.78 Å². The number of hydrogen-bond acceptors (Lipinski definition) is 3. The van der Waals surface area contributed by atoms with E-state index in [1.165, 1.54) is 19.1 Å². The summed E-state index contributed by atoms with van der Waals surface area (Å²) in [5.41, 5.74) is 2.76.